The molecule has 1 heterocycles. The maximum atomic E-state index is 12.8. The van der Waals surface area contributed by atoms with Gasteiger partial charge in [-0.2, -0.15) is 5.10 Å². The Labute approximate surface area is 105 Å². The summed E-state index contributed by atoms with van der Waals surface area (Å²) < 4.78 is 27.2. The lowest BCUT2D eigenvalue weighted by molar-refractivity contribution is 0.0982. The van der Waals surface area contributed by atoms with Crippen molar-refractivity contribution >= 4 is 11.6 Å². The standard InChI is InChI=1S/C11H18ClF2N3/c1-4-5-15-9(11(13)14)6-8-7(2)16-17(3)10(8)12/h9,11,15H,4-6H2,1-3H3. The highest BCUT2D eigenvalue weighted by Crippen LogP contribution is 2.21. The van der Waals surface area contributed by atoms with Crippen molar-refractivity contribution in [1.82, 2.24) is 15.1 Å². The van der Waals surface area contributed by atoms with Crippen LogP contribution in [0.15, 0.2) is 0 Å². The molecule has 1 unspecified atom stereocenters. The zero-order chi connectivity index (χ0) is 13.0. The van der Waals surface area contributed by atoms with Gasteiger partial charge in [0, 0.05) is 12.6 Å². The van der Waals surface area contributed by atoms with Crippen molar-refractivity contribution in [2.24, 2.45) is 7.05 Å². The van der Waals surface area contributed by atoms with E-state index < -0.39 is 12.5 Å². The van der Waals surface area contributed by atoms with Crippen LogP contribution in [0.1, 0.15) is 24.6 Å². The third-order valence-corrected chi connectivity index (χ3v) is 3.13. The fourth-order valence-electron chi connectivity index (χ4n) is 1.71. The molecular weight excluding hydrogens is 248 g/mol. The van der Waals surface area contributed by atoms with E-state index in [1.165, 1.54) is 4.68 Å². The van der Waals surface area contributed by atoms with Gasteiger partial charge in [-0.05, 0) is 26.3 Å². The number of rotatable bonds is 6. The number of alkyl halides is 2. The van der Waals surface area contributed by atoms with E-state index in [0.29, 0.717) is 23.0 Å². The minimum absolute atomic E-state index is 0.205. The van der Waals surface area contributed by atoms with Gasteiger partial charge in [0.1, 0.15) is 5.15 Å². The van der Waals surface area contributed by atoms with Crippen LogP contribution in [-0.2, 0) is 13.5 Å². The Bertz CT molecular complexity index is 366. The topological polar surface area (TPSA) is 29.9 Å². The maximum Gasteiger partial charge on any atom is 0.254 e. The first kappa shape index (κ1) is 14.4. The van der Waals surface area contributed by atoms with Gasteiger partial charge < -0.3 is 5.32 Å². The number of aryl methyl sites for hydroxylation is 2. The van der Waals surface area contributed by atoms with Crippen molar-refractivity contribution in [2.75, 3.05) is 6.54 Å². The molecule has 0 aliphatic rings. The third kappa shape index (κ3) is 3.64. The summed E-state index contributed by atoms with van der Waals surface area (Å²) >= 11 is 6.02. The summed E-state index contributed by atoms with van der Waals surface area (Å²) in [6.45, 7) is 4.30. The van der Waals surface area contributed by atoms with Gasteiger partial charge in [0.15, 0.2) is 0 Å². The first-order valence-corrected chi connectivity index (χ1v) is 6.04. The Morgan fingerprint density at radius 1 is 1.47 bits per heavy atom. The zero-order valence-electron chi connectivity index (χ0n) is 10.3. The van der Waals surface area contributed by atoms with E-state index in [1.54, 1.807) is 14.0 Å². The molecule has 1 atom stereocenters. The van der Waals surface area contributed by atoms with Gasteiger partial charge in [-0.3, -0.25) is 4.68 Å². The summed E-state index contributed by atoms with van der Waals surface area (Å²) in [6.07, 6.45) is -1.38. The fourth-order valence-corrected chi connectivity index (χ4v) is 1.96. The molecule has 0 bridgehead atoms. The molecule has 3 nitrogen and oxygen atoms in total. The number of halogens is 3. The molecule has 98 valence electrons. The van der Waals surface area contributed by atoms with Crippen molar-refractivity contribution < 1.29 is 8.78 Å². The highest BCUT2D eigenvalue weighted by atomic mass is 35.5. The molecule has 0 radical (unpaired) electrons. The van der Waals surface area contributed by atoms with Gasteiger partial charge in [-0.15, -0.1) is 0 Å². The largest absolute Gasteiger partial charge is 0.309 e. The third-order valence-electron chi connectivity index (χ3n) is 2.65. The van der Waals surface area contributed by atoms with Crippen molar-refractivity contribution in [2.45, 2.75) is 39.2 Å². The summed E-state index contributed by atoms with van der Waals surface area (Å²) in [5.41, 5.74) is 1.41. The minimum Gasteiger partial charge on any atom is -0.309 e. The second kappa shape index (κ2) is 6.31. The van der Waals surface area contributed by atoms with E-state index in [-0.39, 0.29) is 6.42 Å². The van der Waals surface area contributed by atoms with E-state index in [2.05, 4.69) is 10.4 Å². The quantitative estimate of drug-likeness (QED) is 0.857. The smallest absolute Gasteiger partial charge is 0.254 e. The van der Waals surface area contributed by atoms with Crippen LogP contribution in [0.25, 0.3) is 0 Å². The van der Waals surface area contributed by atoms with Crippen LogP contribution in [0.4, 0.5) is 8.78 Å². The van der Waals surface area contributed by atoms with Gasteiger partial charge in [0.2, 0.25) is 0 Å². The minimum atomic E-state index is -2.41. The number of hydrogen-bond donors (Lipinski definition) is 1. The Morgan fingerprint density at radius 3 is 2.53 bits per heavy atom. The molecule has 0 saturated carbocycles. The molecule has 1 N–H and O–H groups in total. The summed E-state index contributed by atoms with van der Waals surface area (Å²) in [5.74, 6) is 0. The van der Waals surface area contributed by atoms with Crippen molar-refractivity contribution in [1.29, 1.82) is 0 Å². The lowest BCUT2D eigenvalue weighted by Gasteiger charge is -2.17. The first-order chi connectivity index (χ1) is 7.97. The molecule has 1 aromatic rings. The molecule has 0 fully saturated rings. The molecule has 6 heteroatoms. The maximum absolute atomic E-state index is 12.8. The highest BCUT2D eigenvalue weighted by Gasteiger charge is 2.23. The SMILES string of the molecule is CCCNC(Cc1c(C)nn(C)c1Cl)C(F)F. The van der Waals surface area contributed by atoms with Crippen LogP contribution in [0.3, 0.4) is 0 Å². The number of nitrogens with one attached hydrogen (secondary N) is 1. The lowest BCUT2D eigenvalue weighted by atomic mass is 10.1. The molecule has 1 rings (SSSR count). The molecule has 0 aliphatic heterocycles. The monoisotopic (exact) mass is 265 g/mol. The molecule has 0 spiro atoms. The summed E-state index contributed by atoms with van der Waals surface area (Å²) in [5, 5.41) is 7.39. The van der Waals surface area contributed by atoms with Gasteiger partial charge in [0.05, 0.1) is 11.7 Å². The van der Waals surface area contributed by atoms with Gasteiger partial charge >= 0.3 is 0 Å². The Hall–Kier alpha value is -0.680. The predicted molar refractivity (Wildman–Crippen MR) is 64.7 cm³/mol. The zero-order valence-corrected chi connectivity index (χ0v) is 11.1. The van der Waals surface area contributed by atoms with Crippen molar-refractivity contribution in [3.8, 4) is 0 Å². The second-order valence-electron chi connectivity index (χ2n) is 4.08. The first-order valence-electron chi connectivity index (χ1n) is 5.66. The molecule has 0 saturated heterocycles. The molecular formula is C11H18ClF2N3. The number of hydrogen-bond acceptors (Lipinski definition) is 2. The predicted octanol–water partition coefficient (Wildman–Crippen LogP) is 2.56. The van der Waals surface area contributed by atoms with Crippen LogP contribution in [0.2, 0.25) is 5.15 Å². The van der Waals surface area contributed by atoms with E-state index in [9.17, 15) is 8.78 Å². The summed E-state index contributed by atoms with van der Waals surface area (Å²) in [6, 6.07) is -0.865. The summed E-state index contributed by atoms with van der Waals surface area (Å²) in [4.78, 5) is 0. The van der Waals surface area contributed by atoms with Crippen LogP contribution in [0, 0.1) is 6.92 Å². The number of aromatic nitrogens is 2. The summed E-state index contributed by atoms with van der Waals surface area (Å²) in [7, 11) is 1.70. The molecule has 0 amide bonds. The normalized spacial score (nSPS) is 13.4. The lowest BCUT2D eigenvalue weighted by Crippen LogP contribution is -2.38. The van der Waals surface area contributed by atoms with E-state index in [1.807, 2.05) is 6.92 Å². The van der Waals surface area contributed by atoms with E-state index in [4.69, 9.17) is 11.6 Å². The highest BCUT2D eigenvalue weighted by molar-refractivity contribution is 6.30. The van der Waals surface area contributed by atoms with Gasteiger partial charge in [-0.25, -0.2) is 8.78 Å². The van der Waals surface area contributed by atoms with Crippen LogP contribution in [0.5, 0.6) is 0 Å². The van der Waals surface area contributed by atoms with Crippen molar-refractivity contribution in [3.05, 3.63) is 16.4 Å². The molecule has 0 aliphatic carbocycles. The van der Waals surface area contributed by atoms with Crippen LogP contribution < -0.4 is 5.32 Å². The molecule has 0 aromatic carbocycles. The fraction of sp³-hybridized carbons (Fsp3) is 0.727. The van der Waals surface area contributed by atoms with Crippen molar-refractivity contribution in [3.63, 3.8) is 0 Å². The second-order valence-corrected chi connectivity index (χ2v) is 4.44. The van der Waals surface area contributed by atoms with Gasteiger partial charge in [-0.1, -0.05) is 18.5 Å². The average molecular weight is 266 g/mol. The van der Waals surface area contributed by atoms with E-state index >= 15 is 0 Å². The Balaban J connectivity index is 2.78. The number of nitrogens with zero attached hydrogens (tertiary/aromatic N) is 2. The van der Waals surface area contributed by atoms with Gasteiger partial charge in [0.25, 0.3) is 6.43 Å². The van der Waals surface area contributed by atoms with Crippen LogP contribution >= 0.6 is 11.6 Å². The average Bonchev–Trinajstić information content (AvgIpc) is 2.49. The van der Waals surface area contributed by atoms with E-state index in [0.717, 1.165) is 6.42 Å². The Morgan fingerprint density at radius 2 is 2.12 bits per heavy atom. The van der Waals surface area contributed by atoms with Crippen LogP contribution in [-0.4, -0.2) is 28.8 Å². The molecule has 1 aromatic heterocycles. The Kier molecular flexibility index (Phi) is 5.33. The molecule has 17 heavy (non-hydrogen) atoms.